The molecule has 2 N–H and O–H groups in total. The molecule has 0 aliphatic heterocycles. The van der Waals surface area contributed by atoms with Crippen LogP contribution in [0.3, 0.4) is 0 Å². The van der Waals surface area contributed by atoms with Crippen LogP contribution in [0.15, 0.2) is 24.5 Å². The fraction of sp³-hybridized carbons (Fsp3) is 0.200. The summed E-state index contributed by atoms with van der Waals surface area (Å²) in [5.74, 6) is 0.507. The van der Waals surface area contributed by atoms with Crippen molar-refractivity contribution in [1.29, 1.82) is 0 Å². The number of pyridine rings is 1. The quantitative estimate of drug-likeness (QED) is 0.794. The molecule has 0 bridgehead atoms. The van der Waals surface area contributed by atoms with Gasteiger partial charge in [-0.1, -0.05) is 0 Å². The first-order valence-corrected chi connectivity index (χ1v) is 4.50. The van der Waals surface area contributed by atoms with Crippen LogP contribution in [0, 0.1) is 0 Å². The first kappa shape index (κ1) is 9.51. The molecule has 2 heterocycles. The number of nitrogens with two attached hydrogens (primary N) is 1. The van der Waals surface area contributed by atoms with Crippen LogP contribution in [0.5, 0.6) is 5.88 Å². The molecule has 5 nitrogen and oxygen atoms in total. The molecule has 0 radical (unpaired) electrons. The SMILES string of the molecule is COc1cc(N)c(-c2ccn(C)n2)cn1. The van der Waals surface area contributed by atoms with Crippen LogP contribution >= 0.6 is 0 Å². The van der Waals surface area contributed by atoms with Crippen LogP contribution < -0.4 is 10.5 Å². The fourth-order valence-electron chi connectivity index (χ4n) is 1.34. The van der Waals surface area contributed by atoms with E-state index in [0.29, 0.717) is 11.6 Å². The lowest BCUT2D eigenvalue weighted by molar-refractivity contribution is 0.398. The Balaban J connectivity index is 2.45. The first-order valence-electron chi connectivity index (χ1n) is 4.50. The van der Waals surface area contributed by atoms with Gasteiger partial charge in [-0.3, -0.25) is 4.68 Å². The molecule has 0 aromatic carbocycles. The smallest absolute Gasteiger partial charge is 0.215 e. The molecule has 0 aliphatic rings. The van der Waals surface area contributed by atoms with Crippen LogP contribution in [0.2, 0.25) is 0 Å². The van der Waals surface area contributed by atoms with Gasteiger partial charge in [0.2, 0.25) is 5.88 Å². The first-order chi connectivity index (χ1) is 7.20. The Morgan fingerprint density at radius 1 is 1.47 bits per heavy atom. The number of nitrogens with zero attached hydrogens (tertiary/aromatic N) is 3. The number of nitrogen functional groups attached to an aromatic ring is 1. The third-order valence-electron chi connectivity index (χ3n) is 2.11. The summed E-state index contributed by atoms with van der Waals surface area (Å²) >= 11 is 0. The number of methoxy groups -OCH3 is 1. The topological polar surface area (TPSA) is 66.0 Å². The number of ether oxygens (including phenoxy) is 1. The lowest BCUT2D eigenvalue weighted by Gasteiger charge is -2.04. The Kier molecular flexibility index (Phi) is 2.29. The number of rotatable bonds is 2. The molecule has 0 unspecified atom stereocenters. The number of anilines is 1. The normalized spacial score (nSPS) is 10.3. The maximum absolute atomic E-state index is 5.87. The molecule has 0 aliphatic carbocycles. The highest BCUT2D eigenvalue weighted by atomic mass is 16.5. The standard InChI is InChI=1S/C10H12N4O/c1-14-4-3-9(13-14)7-6-12-10(15-2)5-8(7)11/h3-6H,1-2H3,(H2,11,12). The number of hydrogen-bond acceptors (Lipinski definition) is 4. The average molecular weight is 204 g/mol. The Morgan fingerprint density at radius 2 is 2.27 bits per heavy atom. The van der Waals surface area contributed by atoms with E-state index in [-0.39, 0.29) is 0 Å². The molecule has 5 heteroatoms. The second-order valence-electron chi connectivity index (χ2n) is 3.19. The zero-order chi connectivity index (χ0) is 10.8. The molecule has 0 atom stereocenters. The van der Waals surface area contributed by atoms with E-state index in [1.165, 1.54) is 0 Å². The predicted octanol–water partition coefficient (Wildman–Crippen LogP) is 1.07. The molecule has 2 aromatic heterocycles. The van der Waals surface area contributed by atoms with Gasteiger partial charge in [0.1, 0.15) is 0 Å². The van der Waals surface area contributed by atoms with Crippen molar-refractivity contribution in [2.75, 3.05) is 12.8 Å². The van der Waals surface area contributed by atoms with Crippen molar-refractivity contribution < 1.29 is 4.74 Å². The summed E-state index contributed by atoms with van der Waals surface area (Å²) in [6, 6.07) is 3.57. The van der Waals surface area contributed by atoms with Crippen molar-refractivity contribution in [1.82, 2.24) is 14.8 Å². The highest BCUT2D eigenvalue weighted by Crippen LogP contribution is 2.25. The van der Waals surface area contributed by atoms with E-state index >= 15 is 0 Å². The van der Waals surface area contributed by atoms with Gasteiger partial charge in [-0.2, -0.15) is 5.10 Å². The molecule has 78 valence electrons. The van der Waals surface area contributed by atoms with Crippen molar-refractivity contribution in [3.63, 3.8) is 0 Å². The molecule has 0 spiro atoms. The third-order valence-corrected chi connectivity index (χ3v) is 2.11. The molecule has 0 fully saturated rings. The van der Waals surface area contributed by atoms with Crippen LogP contribution in [0.1, 0.15) is 0 Å². The summed E-state index contributed by atoms with van der Waals surface area (Å²) in [4.78, 5) is 4.09. The van der Waals surface area contributed by atoms with Crippen LogP contribution in [0.4, 0.5) is 5.69 Å². The number of aromatic nitrogens is 3. The zero-order valence-electron chi connectivity index (χ0n) is 8.64. The van der Waals surface area contributed by atoms with Crippen LogP contribution in [-0.4, -0.2) is 21.9 Å². The lowest BCUT2D eigenvalue weighted by atomic mass is 10.2. The Morgan fingerprint density at radius 3 is 2.80 bits per heavy atom. The summed E-state index contributed by atoms with van der Waals surface area (Å²) in [7, 11) is 3.42. The minimum absolute atomic E-state index is 0.507. The Labute approximate surface area is 87.5 Å². The van der Waals surface area contributed by atoms with Crippen molar-refractivity contribution in [2.45, 2.75) is 0 Å². The van der Waals surface area contributed by atoms with E-state index in [4.69, 9.17) is 10.5 Å². The Bertz CT molecular complexity index is 478. The van der Waals surface area contributed by atoms with Gasteiger partial charge in [0.15, 0.2) is 0 Å². The number of aryl methyl sites for hydroxylation is 1. The minimum atomic E-state index is 0.507. The molecule has 0 saturated heterocycles. The van der Waals surface area contributed by atoms with Gasteiger partial charge < -0.3 is 10.5 Å². The fourth-order valence-corrected chi connectivity index (χ4v) is 1.34. The van der Waals surface area contributed by atoms with Crippen molar-refractivity contribution >= 4 is 5.69 Å². The second-order valence-corrected chi connectivity index (χ2v) is 3.19. The second kappa shape index (κ2) is 3.61. The van der Waals surface area contributed by atoms with E-state index in [1.54, 1.807) is 24.1 Å². The van der Waals surface area contributed by atoms with E-state index in [2.05, 4.69) is 10.1 Å². The van der Waals surface area contributed by atoms with Gasteiger partial charge >= 0.3 is 0 Å². The van der Waals surface area contributed by atoms with Gasteiger partial charge in [0.25, 0.3) is 0 Å². The summed E-state index contributed by atoms with van der Waals surface area (Å²) in [5.41, 5.74) is 8.11. The van der Waals surface area contributed by atoms with E-state index in [9.17, 15) is 0 Å². The van der Waals surface area contributed by atoms with Crippen LogP contribution in [0.25, 0.3) is 11.3 Å². The summed E-state index contributed by atoms with van der Waals surface area (Å²) < 4.78 is 6.70. The van der Waals surface area contributed by atoms with Gasteiger partial charge in [-0.15, -0.1) is 0 Å². The van der Waals surface area contributed by atoms with E-state index in [1.807, 2.05) is 19.3 Å². The largest absolute Gasteiger partial charge is 0.481 e. The molecular formula is C10H12N4O. The van der Waals surface area contributed by atoms with Crippen molar-refractivity contribution in [3.8, 4) is 17.1 Å². The molecule has 2 rings (SSSR count). The van der Waals surface area contributed by atoms with Gasteiger partial charge in [0.05, 0.1) is 12.8 Å². The van der Waals surface area contributed by atoms with Gasteiger partial charge in [0, 0.05) is 36.8 Å². The molecule has 15 heavy (non-hydrogen) atoms. The van der Waals surface area contributed by atoms with Gasteiger partial charge in [-0.25, -0.2) is 4.98 Å². The average Bonchev–Trinajstić information content (AvgIpc) is 2.64. The van der Waals surface area contributed by atoms with E-state index < -0.39 is 0 Å². The van der Waals surface area contributed by atoms with Crippen LogP contribution in [-0.2, 0) is 7.05 Å². The van der Waals surface area contributed by atoms with Crippen molar-refractivity contribution in [2.24, 2.45) is 7.05 Å². The number of hydrogen-bond donors (Lipinski definition) is 1. The Hall–Kier alpha value is -2.04. The monoisotopic (exact) mass is 204 g/mol. The van der Waals surface area contributed by atoms with Crippen molar-refractivity contribution in [3.05, 3.63) is 24.5 Å². The summed E-state index contributed by atoms with van der Waals surface area (Å²) in [6.07, 6.45) is 3.52. The molecule has 2 aromatic rings. The third kappa shape index (κ3) is 1.76. The maximum Gasteiger partial charge on any atom is 0.215 e. The van der Waals surface area contributed by atoms with E-state index in [0.717, 1.165) is 11.3 Å². The minimum Gasteiger partial charge on any atom is -0.481 e. The highest BCUT2D eigenvalue weighted by Gasteiger charge is 2.07. The molecule has 0 amide bonds. The summed E-state index contributed by atoms with van der Waals surface area (Å²) in [6.45, 7) is 0. The zero-order valence-corrected chi connectivity index (χ0v) is 8.64. The summed E-state index contributed by atoms with van der Waals surface area (Å²) in [5, 5.41) is 4.25. The molecular weight excluding hydrogens is 192 g/mol. The molecule has 0 saturated carbocycles. The maximum atomic E-state index is 5.87. The van der Waals surface area contributed by atoms with Gasteiger partial charge in [-0.05, 0) is 6.07 Å². The highest BCUT2D eigenvalue weighted by molar-refractivity contribution is 5.73. The lowest BCUT2D eigenvalue weighted by Crippen LogP contribution is -1.95. The predicted molar refractivity (Wildman–Crippen MR) is 57.4 cm³/mol.